The van der Waals surface area contributed by atoms with Crippen LogP contribution in [0.3, 0.4) is 0 Å². The van der Waals surface area contributed by atoms with Crippen LogP contribution in [0.4, 0.5) is 0 Å². The molecule has 1 N–H and O–H groups in total. The standard InChI is InChI=1S/C24H31N3O2/c1-18-9-7-8-12-21(18)24(29)27-15-13-20(14-16-27)23(28)25-17-22(26(2)3)19-10-5-4-6-11-19/h4-12,20,22H,13-17H2,1-3H3,(H,25,28). The van der Waals surface area contributed by atoms with E-state index in [1.54, 1.807) is 0 Å². The fourth-order valence-electron chi connectivity index (χ4n) is 3.94. The summed E-state index contributed by atoms with van der Waals surface area (Å²) in [6.45, 7) is 3.79. The van der Waals surface area contributed by atoms with Crippen LogP contribution >= 0.6 is 0 Å². The maximum Gasteiger partial charge on any atom is 0.254 e. The first-order valence-electron chi connectivity index (χ1n) is 10.3. The van der Waals surface area contributed by atoms with Crippen molar-refractivity contribution in [1.29, 1.82) is 0 Å². The Morgan fingerprint density at radius 3 is 2.28 bits per heavy atom. The number of rotatable bonds is 6. The van der Waals surface area contributed by atoms with Gasteiger partial charge >= 0.3 is 0 Å². The molecule has 1 atom stereocenters. The Morgan fingerprint density at radius 1 is 1.03 bits per heavy atom. The van der Waals surface area contributed by atoms with E-state index in [2.05, 4.69) is 22.3 Å². The first kappa shape index (κ1) is 21.1. The monoisotopic (exact) mass is 393 g/mol. The van der Waals surface area contributed by atoms with E-state index in [0.717, 1.165) is 11.1 Å². The largest absolute Gasteiger partial charge is 0.354 e. The lowest BCUT2D eigenvalue weighted by atomic mass is 9.94. The number of likely N-dealkylation sites (tertiary alicyclic amines) is 1. The smallest absolute Gasteiger partial charge is 0.254 e. The van der Waals surface area contributed by atoms with Gasteiger partial charge in [-0.1, -0.05) is 48.5 Å². The number of likely N-dealkylation sites (N-methyl/N-ethyl adjacent to an activating group) is 1. The second kappa shape index (κ2) is 9.70. The molecule has 154 valence electrons. The number of carbonyl (C=O) groups is 2. The van der Waals surface area contributed by atoms with E-state index in [-0.39, 0.29) is 23.8 Å². The van der Waals surface area contributed by atoms with Crippen LogP contribution in [0.15, 0.2) is 54.6 Å². The average Bonchev–Trinajstić information content (AvgIpc) is 2.74. The van der Waals surface area contributed by atoms with Gasteiger partial charge < -0.3 is 15.1 Å². The molecular weight excluding hydrogens is 362 g/mol. The van der Waals surface area contributed by atoms with Crippen LogP contribution in [0, 0.1) is 12.8 Å². The first-order chi connectivity index (χ1) is 14.0. The second-order valence-corrected chi connectivity index (χ2v) is 8.02. The van der Waals surface area contributed by atoms with Gasteiger partial charge in [-0.2, -0.15) is 0 Å². The molecule has 2 amide bonds. The van der Waals surface area contributed by atoms with Crippen molar-refractivity contribution >= 4 is 11.8 Å². The summed E-state index contributed by atoms with van der Waals surface area (Å²) >= 11 is 0. The van der Waals surface area contributed by atoms with Crippen LogP contribution in [0.25, 0.3) is 0 Å². The molecule has 1 aliphatic rings. The van der Waals surface area contributed by atoms with Crippen molar-refractivity contribution in [1.82, 2.24) is 15.1 Å². The molecule has 29 heavy (non-hydrogen) atoms. The molecule has 2 aromatic carbocycles. The van der Waals surface area contributed by atoms with Gasteiger partial charge in [-0.05, 0) is 51.1 Å². The zero-order valence-corrected chi connectivity index (χ0v) is 17.6. The minimum atomic E-state index is -0.0329. The summed E-state index contributed by atoms with van der Waals surface area (Å²) in [7, 11) is 4.05. The number of amides is 2. The molecular formula is C24H31N3O2. The lowest BCUT2D eigenvalue weighted by Gasteiger charge is -2.32. The normalized spacial score (nSPS) is 15.9. The highest BCUT2D eigenvalue weighted by atomic mass is 16.2. The highest BCUT2D eigenvalue weighted by Gasteiger charge is 2.28. The van der Waals surface area contributed by atoms with E-state index in [1.165, 1.54) is 5.56 Å². The maximum absolute atomic E-state index is 12.8. The molecule has 1 heterocycles. The van der Waals surface area contributed by atoms with Crippen LogP contribution in [-0.4, -0.2) is 55.3 Å². The van der Waals surface area contributed by atoms with Gasteiger partial charge in [0.15, 0.2) is 0 Å². The third-order valence-corrected chi connectivity index (χ3v) is 5.81. The SMILES string of the molecule is Cc1ccccc1C(=O)N1CCC(C(=O)NCC(c2ccccc2)N(C)C)CC1. The molecule has 5 nitrogen and oxygen atoms in total. The predicted octanol–water partition coefficient (Wildman–Crippen LogP) is 3.27. The fraction of sp³-hybridized carbons (Fsp3) is 0.417. The third-order valence-electron chi connectivity index (χ3n) is 5.81. The zero-order valence-electron chi connectivity index (χ0n) is 17.6. The third kappa shape index (κ3) is 5.24. The van der Waals surface area contributed by atoms with E-state index in [0.29, 0.717) is 32.5 Å². The van der Waals surface area contributed by atoms with E-state index in [4.69, 9.17) is 0 Å². The maximum atomic E-state index is 12.8. The van der Waals surface area contributed by atoms with Crippen molar-refractivity contribution in [3.8, 4) is 0 Å². The van der Waals surface area contributed by atoms with E-state index in [1.807, 2.05) is 68.4 Å². The predicted molar refractivity (Wildman–Crippen MR) is 116 cm³/mol. The van der Waals surface area contributed by atoms with Gasteiger partial charge in [-0.25, -0.2) is 0 Å². The molecule has 0 radical (unpaired) electrons. The van der Waals surface area contributed by atoms with Crippen molar-refractivity contribution in [3.63, 3.8) is 0 Å². The van der Waals surface area contributed by atoms with Gasteiger partial charge in [0.1, 0.15) is 0 Å². The minimum Gasteiger partial charge on any atom is -0.354 e. The topological polar surface area (TPSA) is 52.7 Å². The first-order valence-corrected chi connectivity index (χ1v) is 10.3. The number of hydrogen-bond donors (Lipinski definition) is 1. The lowest BCUT2D eigenvalue weighted by Crippen LogP contribution is -2.44. The Morgan fingerprint density at radius 2 is 1.66 bits per heavy atom. The number of benzene rings is 2. The minimum absolute atomic E-state index is 0.0329. The lowest BCUT2D eigenvalue weighted by molar-refractivity contribution is -0.126. The Hall–Kier alpha value is -2.66. The summed E-state index contributed by atoms with van der Waals surface area (Å²) in [5, 5.41) is 3.13. The molecule has 0 aliphatic carbocycles. The van der Waals surface area contributed by atoms with E-state index in [9.17, 15) is 9.59 Å². The Bertz CT molecular complexity index is 827. The van der Waals surface area contributed by atoms with Gasteiger partial charge in [0, 0.05) is 31.1 Å². The van der Waals surface area contributed by atoms with E-state index < -0.39 is 0 Å². The number of nitrogens with zero attached hydrogens (tertiary/aromatic N) is 2. The van der Waals surface area contributed by atoms with Gasteiger partial charge in [0.25, 0.3) is 5.91 Å². The molecule has 0 bridgehead atoms. The Kier molecular flexibility index (Phi) is 7.04. The number of nitrogens with one attached hydrogen (secondary N) is 1. The van der Waals surface area contributed by atoms with E-state index >= 15 is 0 Å². The molecule has 1 fully saturated rings. The van der Waals surface area contributed by atoms with Crippen molar-refractivity contribution in [2.45, 2.75) is 25.8 Å². The summed E-state index contributed by atoms with van der Waals surface area (Å²) < 4.78 is 0. The molecule has 1 aliphatic heterocycles. The summed E-state index contributed by atoms with van der Waals surface area (Å²) in [4.78, 5) is 29.5. The van der Waals surface area contributed by atoms with Crippen LogP contribution in [0.5, 0.6) is 0 Å². The molecule has 5 heteroatoms. The number of carbonyl (C=O) groups excluding carboxylic acids is 2. The van der Waals surface area contributed by atoms with Crippen LogP contribution < -0.4 is 5.32 Å². The number of aryl methyl sites for hydroxylation is 1. The van der Waals surface area contributed by atoms with Crippen LogP contribution in [0.1, 0.15) is 40.4 Å². The van der Waals surface area contributed by atoms with Crippen molar-refractivity contribution < 1.29 is 9.59 Å². The second-order valence-electron chi connectivity index (χ2n) is 8.02. The van der Waals surface area contributed by atoms with Crippen LogP contribution in [0.2, 0.25) is 0 Å². The Labute approximate surface area is 173 Å². The summed E-state index contributed by atoms with van der Waals surface area (Å²) in [6, 6.07) is 18.0. The number of hydrogen-bond acceptors (Lipinski definition) is 3. The summed E-state index contributed by atoms with van der Waals surface area (Å²) in [6.07, 6.45) is 1.42. The highest BCUT2D eigenvalue weighted by molar-refractivity contribution is 5.95. The summed E-state index contributed by atoms with van der Waals surface area (Å²) in [5.74, 6) is 0.129. The molecule has 0 saturated carbocycles. The van der Waals surface area contributed by atoms with Gasteiger partial charge in [-0.3, -0.25) is 9.59 Å². The molecule has 0 spiro atoms. The van der Waals surface area contributed by atoms with Gasteiger partial charge in [0.2, 0.25) is 5.91 Å². The van der Waals surface area contributed by atoms with Crippen molar-refractivity contribution in [2.75, 3.05) is 33.7 Å². The molecule has 2 aromatic rings. The highest BCUT2D eigenvalue weighted by Crippen LogP contribution is 2.21. The number of piperidine rings is 1. The molecule has 1 saturated heterocycles. The quantitative estimate of drug-likeness (QED) is 0.820. The average molecular weight is 394 g/mol. The van der Waals surface area contributed by atoms with Crippen molar-refractivity contribution in [2.24, 2.45) is 5.92 Å². The van der Waals surface area contributed by atoms with Crippen molar-refractivity contribution in [3.05, 3.63) is 71.3 Å². The molecule has 0 aromatic heterocycles. The fourth-order valence-corrected chi connectivity index (χ4v) is 3.94. The van der Waals surface area contributed by atoms with Gasteiger partial charge in [0.05, 0.1) is 6.04 Å². The Balaban J connectivity index is 1.52. The summed E-state index contributed by atoms with van der Waals surface area (Å²) in [5.41, 5.74) is 2.94. The molecule has 3 rings (SSSR count). The van der Waals surface area contributed by atoms with Gasteiger partial charge in [-0.15, -0.1) is 0 Å². The molecule has 1 unspecified atom stereocenters. The zero-order chi connectivity index (χ0) is 20.8. The van der Waals surface area contributed by atoms with Crippen LogP contribution in [-0.2, 0) is 4.79 Å².